The van der Waals surface area contributed by atoms with Crippen LogP contribution in [-0.2, 0) is 11.2 Å². The molecule has 96 valence electrons. The molecule has 0 radical (unpaired) electrons. The Morgan fingerprint density at radius 2 is 1.94 bits per heavy atom. The van der Waals surface area contributed by atoms with Crippen LogP contribution < -0.4 is 5.73 Å². The van der Waals surface area contributed by atoms with E-state index in [-0.39, 0.29) is 0 Å². The molecule has 0 saturated carbocycles. The average Bonchev–Trinajstić information content (AvgIpc) is 2.35. The van der Waals surface area contributed by atoms with Crippen LogP contribution in [0.15, 0.2) is 28.7 Å². The van der Waals surface area contributed by atoms with Crippen molar-refractivity contribution in [1.29, 1.82) is 0 Å². The van der Waals surface area contributed by atoms with Gasteiger partial charge in [-0.15, -0.1) is 0 Å². The Balaban J connectivity index is 2.53. The van der Waals surface area contributed by atoms with Crippen LogP contribution in [0.3, 0.4) is 0 Å². The second-order valence-electron chi connectivity index (χ2n) is 4.59. The lowest BCUT2D eigenvalue weighted by molar-refractivity contribution is 0.166. The van der Waals surface area contributed by atoms with Crippen LogP contribution in [0.5, 0.6) is 0 Å². The molecule has 0 fully saturated rings. The van der Waals surface area contributed by atoms with Crippen LogP contribution in [0.25, 0.3) is 0 Å². The van der Waals surface area contributed by atoms with Crippen LogP contribution in [0.2, 0.25) is 0 Å². The number of hydrogen-bond acceptors (Lipinski definition) is 2. The molecule has 2 nitrogen and oxygen atoms in total. The molecule has 0 aliphatic heterocycles. The predicted molar refractivity (Wildman–Crippen MR) is 76.0 cm³/mol. The fourth-order valence-corrected chi connectivity index (χ4v) is 2.24. The van der Waals surface area contributed by atoms with Gasteiger partial charge in [-0.3, -0.25) is 0 Å². The van der Waals surface area contributed by atoms with Crippen molar-refractivity contribution in [2.24, 2.45) is 17.6 Å². The fourth-order valence-electron chi connectivity index (χ4n) is 1.98. The average molecular weight is 300 g/mol. The van der Waals surface area contributed by atoms with Crippen molar-refractivity contribution < 1.29 is 4.74 Å². The van der Waals surface area contributed by atoms with Crippen LogP contribution in [-0.4, -0.2) is 20.3 Å². The summed E-state index contributed by atoms with van der Waals surface area (Å²) < 4.78 is 6.25. The van der Waals surface area contributed by atoms with Gasteiger partial charge in [0.25, 0.3) is 0 Å². The zero-order valence-corrected chi connectivity index (χ0v) is 12.2. The van der Waals surface area contributed by atoms with Gasteiger partial charge in [0.2, 0.25) is 0 Å². The van der Waals surface area contributed by atoms with E-state index in [2.05, 4.69) is 47.1 Å². The number of nitrogens with two attached hydrogens (primary N) is 1. The standard InChI is InChI=1S/C14H22BrNO/c1-11(7-8-17-2)13(10-16)9-12-3-5-14(15)6-4-12/h3-6,11,13H,7-10,16H2,1-2H3. The molecule has 2 atom stereocenters. The van der Waals surface area contributed by atoms with E-state index in [9.17, 15) is 0 Å². The molecule has 0 amide bonds. The summed E-state index contributed by atoms with van der Waals surface area (Å²) in [6.45, 7) is 3.81. The number of benzene rings is 1. The summed E-state index contributed by atoms with van der Waals surface area (Å²) in [5.41, 5.74) is 7.23. The molecule has 2 N–H and O–H groups in total. The minimum absolute atomic E-state index is 0.534. The van der Waals surface area contributed by atoms with Gasteiger partial charge in [-0.25, -0.2) is 0 Å². The molecule has 0 saturated heterocycles. The van der Waals surface area contributed by atoms with E-state index in [1.54, 1.807) is 7.11 Å². The summed E-state index contributed by atoms with van der Waals surface area (Å²) in [7, 11) is 1.75. The summed E-state index contributed by atoms with van der Waals surface area (Å²) in [6.07, 6.45) is 2.13. The van der Waals surface area contributed by atoms with E-state index in [0.717, 1.165) is 30.5 Å². The van der Waals surface area contributed by atoms with Gasteiger partial charge in [0.1, 0.15) is 0 Å². The lowest BCUT2D eigenvalue weighted by Crippen LogP contribution is -2.24. The van der Waals surface area contributed by atoms with E-state index >= 15 is 0 Å². The van der Waals surface area contributed by atoms with Gasteiger partial charge in [0, 0.05) is 18.2 Å². The number of hydrogen-bond donors (Lipinski definition) is 1. The summed E-state index contributed by atoms with van der Waals surface area (Å²) in [5.74, 6) is 1.13. The minimum atomic E-state index is 0.534. The third kappa shape index (κ3) is 5.19. The highest BCUT2D eigenvalue weighted by Gasteiger charge is 2.16. The number of methoxy groups -OCH3 is 1. The Kier molecular flexibility index (Phi) is 6.78. The van der Waals surface area contributed by atoms with Crippen molar-refractivity contribution >= 4 is 15.9 Å². The maximum atomic E-state index is 5.87. The van der Waals surface area contributed by atoms with Gasteiger partial charge in [0.15, 0.2) is 0 Å². The number of ether oxygens (including phenoxy) is 1. The molecule has 0 heterocycles. The quantitative estimate of drug-likeness (QED) is 0.839. The molecule has 1 aromatic rings. The van der Waals surface area contributed by atoms with E-state index in [1.165, 1.54) is 5.56 Å². The first-order chi connectivity index (χ1) is 8.17. The van der Waals surface area contributed by atoms with Gasteiger partial charge in [-0.2, -0.15) is 0 Å². The Bertz CT molecular complexity index is 313. The van der Waals surface area contributed by atoms with Crippen molar-refractivity contribution in [2.75, 3.05) is 20.3 Å². The Morgan fingerprint density at radius 1 is 1.29 bits per heavy atom. The molecule has 0 aliphatic carbocycles. The van der Waals surface area contributed by atoms with Crippen molar-refractivity contribution in [2.45, 2.75) is 19.8 Å². The van der Waals surface area contributed by atoms with Crippen LogP contribution in [0, 0.1) is 11.8 Å². The molecule has 0 aromatic heterocycles. The van der Waals surface area contributed by atoms with Gasteiger partial charge in [0.05, 0.1) is 0 Å². The van der Waals surface area contributed by atoms with E-state index < -0.39 is 0 Å². The van der Waals surface area contributed by atoms with E-state index in [0.29, 0.717) is 11.8 Å². The van der Waals surface area contributed by atoms with Gasteiger partial charge in [-0.1, -0.05) is 35.0 Å². The maximum Gasteiger partial charge on any atom is 0.0464 e. The molecular formula is C14H22BrNO. The van der Waals surface area contributed by atoms with Crippen LogP contribution in [0.1, 0.15) is 18.9 Å². The maximum absolute atomic E-state index is 5.87. The summed E-state index contributed by atoms with van der Waals surface area (Å²) >= 11 is 3.45. The molecule has 1 aromatic carbocycles. The molecular weight excluding hydrogens is 278 g/mol. The fraction of sp³-hybridized carbons (Fsp3) is 0.571. The van der Waals surface area contributed by atoms with E-state index in [4.69, 9.17) is 10.5 Å². The lowest BCUT2D eigenvalue weighted by Gasteiger charge is -2.22. The Morgan fingerprint density at radius 3 is 2.47 bits per heavy atom. The number of rotatable bonds is 7. The Hall–Kier alpha value is -0.380. The first-order valence-corrected chi connectivity index (χ1v) is 6.90. The molecule has 0 spiro atoms. The highest BCUT2D eigenvalue weighted by Crippen LogP contribution is 2.21. The van der Waals surface area contributed by atoms with Gasteiger partial charge in [-0.05, 0) is 48.9 Å². The first kappa shape index (κ1) is 14.7. The third-order valence-corrected chi connectivity index (χ3v) is 3.82. The highest BCUT2D eigenvalue weighted by atomic mass is 79.9. The van der Waals surface area contributed by atoms with E-state index in [1.807, 2.05) is 0 Å². The minimum Gasteiger partial charge on any atom is -0.385 e. The van der Waals surface area contributed by atoms with Crippen molar-refractivity contribution in [1.82, 2.24) is 0 Å². The van der Waals surface area contributed by atoms with Gasteiger partial charge >= 0.3 is 0 Å². The zero-order valence-electron chi connectivity index (χ0n) is 10.7. The second-order valence-corrected chi connectivity index (χ2v) is 5.50. The molecule has 1 rings (SSSR count). The molecule has 0 bridgehead atoms. The van der Waals surface area contributed by atoms with Crippen molar-refractivity contribution in [3.05, 3.63) is 34.3 Å². The normalized spacial score (nSPS) is 14.6. The smallest absolute Gasteiger partial charge is 0.0464 e. The summed E-state index contributed by atoms with van der Waals surface area (Å²) in [5, 5.41) is 0. The summed E-state index contributed by atoms with van der Waals surface area (Å²) in [4.78, 5) is 0. The molecule has 0 aliphatic rings. The summed E-state index contributed by atoms with van der Waals surface area (Å²) in [6, 6.07) is 8.50. The third-order valence-electron chi connectivity index (χ3n) is 3.30. The first-order valence-electron chi connectivity index (χ1n) is 6.10. The Labute approximate surface area is 113 Å². The number of halogens is 1. The topological polar surface area (TPSA) is 35.2 Å². The zero-order chi connectivity index (χ0) is 12.7. The molecule has 2 unspecified atom stereocenters. The molecule has 17 heavy (non-hydrogen) atoms. The second kappa shape index (κ2) is 7.85. The molecule has 3 heteroatoms. The van der Waals surface area contributed by atoms with Crippen LogP contribution in [0.4, 0.5) is 0 Å². The predicted octanol–water partition coefficient (Wildman–Crippen LogP) is 3.24. The monoisotopic (exact) mass is 299 g/mol. The van der Waals surface area contributed by atoms with Crippen molar-refractivity contribution in [3.63, 3.8) is 0 Å². The van der Waals surface area contributed by atoms with Crippen molar-refractivity contribution in [3.8, 4) is 0 Å². The highest BCUT2D eigenvalue weighted by molar-refractivity contribution is 9.10. The van der Waals surface area contributed by atoms with Gasteiger partial charge < -0.3 is 10.5 Å². The van der Waals surface area contributed by atoms with Crippen LogP contribution >= 0.6 is 15.9 Å². The lowest BCUT2D eigenvalue weighted by atomic mass is 9.86. The SMILES string of the molecule is COCCC(C)C(CN)Cc1ccc(Br)cc1. The largest absolute Gasteiger partial charge is 0.385 e.